The molecule has 2 atom stereocenters. The summed E-state index contributed by atoms with van der Waals surface area (Å²) in [5.74, 6) is 0.955. The lowest BCUT2D eigenvalue weighted by Gasteiger charge is -2.33. The molecule has 0 bridgehead atoms. The fourth-order valence-corrected chi connectivity index (χ4v) is 6.51. The number of hydrogen-bond donors (Lipinski definition) is 1. The second-order valence-electron chi connectivity index (χ2n) is 8.27. The van der Waals surface area contributed by atoms with Crippen molar-refractivity contribution in [3.05, 3.63) is 54.6 Å². The molecule has 1 saturated heterocycles. The highest BCUT2D eigenvalue weighted by atomic mass is 32.2. The van der Waals surface area contributed by atoms with Gasteiger partial charge in [0, 0.05) is 23.2 Å². The predicted octanol–water partition coefficient (Wildman–Crippen LogP) is 4.28. The number of nitrogens with one attached hydrogen (secondary N) is 1. The summed E-state index contributed by atoms with van der Waals surface area (Å²) < 4.78 is 24.0. The van der Waals surface area contributed by atoms with Crippen molar-refractivity contribution < 1.29 is 13.2 Å². The molecule has 0 saturated carbocycles. The zero-order valence-electron chi connectivity index (χ0n) is 18.8. The first-order valence-corrected chi connectivity index (χ1v) is 13.9. The zero-order chi connectivity index (χ0) is 23.4. The van der Waals surface area contributed by atoms with Crippen LogP contribution in [0.3, 0.4) is 0 Å². The van der Waals surface area contributed by atoms with Crippen LogP contribution in [0.1, 0.15) is 26.7 Å². The molecule has 4 rings (SSSR count). The lowest BCUT2D eigenvalue weighted by molar-refractivity contribution is -0.132. The quantitative estimate of drug-likeness (QED) is 0.377. The number of sulfone groups is 1. The van der Waals surface area contributed by atoms with Crippen LogP contribution in [-0.4, -0.2) is 58.5 Å². The maximum atomic E-state index is 13.2. The van der Waals surface area contributed by atoms with E-state index in [0.717, 1.165) is 23.0 Å². The van der Waals surface area contributed by atoms with Crippen molar-refractivity contribution in [3.8, 4) is 0 Å². The Morgan fingerprint density at radius 2 is 1.88 bits per heavy atom. The smallest absolute Gasteiger partial charge is 0.233 e. The van der Waals surface area contributed by atoms with Gasteiger partial charge >= 0.3 is 0 Å². The van der Waals surface area contributed by atoms with Gasteiger partial charge in [0.25, 0.3) is 0 Å². The molecule has 0 unspecified atom stereocenters. The van der Waals surface area contributed by atoms with Gasteiger partial charge in [-0.1, -0.05) is 49.0 Å². The van der Waals surface area contributed by atoms with E-state index in [-0.39, 0.29) is 35.2 Å². The molecule has 0 radical (unpaired) electrons. The lowest BCUT2D eigenvalue weighted by Crippen LogP contribution is -2.47. The summed E-state index contributed by atoms with van der Waals surface area (Å²) in [6.45, 7) is 3.98. The molecule has 0 spiro atoms. The minimum absolute atomic E-state index is 0.0239. The topological polar surface area (TPSA) is 92.3 Å². The fraction of sp³-hybridized carbons (Fsp3) is 0.375. The molecular weight excluding hydrogens is 456 g/mol. The molecular formula is C24H28N4O3S2. The average Bonchev–Trinajstić information content (AvgIpc) is 3.17. The van der Waals surface area contributed by atoms with Crippen LogP contribution < -0.4 is 5.32 Å². The van der Waals surface area contributed by atoms with Gasteiger partial charge < -0.3 is 10.2 Å². The Hall–Kier alpha value is -2.65. The number of fused-ring (bicyclic) bond motifs is 1. The molecule has 3 aromatic rings. The van der Waals surface area contributed by atoms with Crippen LogP contribution in [0, 0.1) is 0 Å². The van der Waals surface area contributed by atoms with Gasteiger partial charge in [-0.2, -0.15) is 0 Å². The average molecular weight is 485 g/mol. The minimum Gasteiger partial charge on any atom is -0.340 e. The Labute approximate surface area is 198 Å². The molecule has 9 heteroatoms. The Morgan fingerprint density at radius 1 is 1.15 bits per heavy atom. The van der Waals surface area contributed by atoms with Gasteiger partial charge in [0.05, 0.1) is 22.8 Å². The maximum Gasteiger partial charge on any atom is 0.233 e. The van der Waals surface area contributed by atoms with E-state index >= 15 is 0 Å². The number of amides is 1. The molecule has 0 aliphatic carbocycles. The van der Waals surface area contributed by atoms with Gasteiger partial charge in [0.1, 0.15) is 5.82 Å². The number of aromatic nitrogens is 2. The number of benzene rings is 2. The van der Waals surface area contributed by atoms with Crippen molar-refractivity contribution in [1.82, 2.24) is 14.9 Å². The number of thioether (sulfide) groups is 1. The van der Waals surface area contributed by atoms with E-state index in [1.54, 1.807) is 4.90 Å². The predicted molar refractivity (Wildman–Crippen MR) is 134 cm³/mol. The van der Waals surface area contributed by atoms with Crippen molar-refractivity contribution in [1.29, 1.82) is 0 Å². The van der Waals surface area contributed by atoms with Crippen LogP contribution in [0.5, 0.6) is 0 Å². The van der Waals surface area contributed by atoms with Crippen LogP contribution >= 0.6 is 11.8 Å². The lowest BCUT2D eigenvalue weighted by atomic mass is 10.1. The third kappa shape index (κ3) is 5.65. The van der Waals surface area contributed by atoms with E-state index < -0.39 is 9.84 Å². The van der Waals surface area contributed by atoms with Crippen molar-refractivity contribution in [2.75, 3.05) is 22.6 Å². The van der Waals surface area contributed by atoms with Crippen LogP contribution in [-0.2, 0) is 14.6 Å². The second-order valence-corrected chi connectivity index (χ2v) is 11.4. The summed E-state index contributed by atoms with van der Waals surface area (Å²) in [4.78, 5) is 24.3. The van der Waals surface area contributed by atoms with Gasteiger partial charge in [-0.25, -0.2) is 18.4 Å². The van der Waals surface area contributed by atoms with Gasteiger partial charge in [-0.05, 0) is 44.0 Å². The van der Waals surface area contributed by atoms with E-state index in [9.17, 15) is 13.2 Å². The molecule has 1 N–H and O–H groups in total. The van der Waals surface area contributed by atoms with E-state index in [2.05, 4.69) is 15.3 Å². The molecule has 1 aliphatic heterocycles. The minimum atomic E-state index is -3.08. The SMILES string of the molecule is CC[C@H](C)N(C(=O)CSc1nc(Nc2ccccc2)c2ccccc2n1)[C@@H]1CCS(=O)(=O)C1. The summed E-state index contributed by atoms with van der Waals surface area (Å²) in [5, 5.41) is 4.75. The van der Waals surface area contributed by atoms with E-state index in [0.29, 0.717) is 17.4 Å². The monoisotopic (exact) mass is 484 g/mol. The van der Waals surface area contributed by atoms with Gasteiger partial charge in [0.15, 0.2) is 15.0 Å². The van der Waals surface area contributed by atoms with Gasteiger partial charge in [0.2, 0.25) is 5.91 Å². The highest BCUT2D eigenvalue weighted by molar-refractivity contribution is 7.99. The molecule has 1 aliphatic rings. The summed E-state index contributed by atoms with van der Waals surface area (Å²) in [5.41, 5.74) is 1.71. The third-order valence-electron chi connectivity index (χ3n) is 5.90. The van der Waals surface area contributed by atoms with E-state index in [4.69, 9.17) is 0 Å². The van der Waals surface area contributed by atoms with E-state index in [1.807, 2.05) is 68.4 Å². The number of carbonyl (C=O) groups is 1. The molecule has 1 aromatic heterocycles. The number of hydrogen-bond acceptors (Lipinski definition) is 7. The molecule has 1 amide bonds. The summed E-state index contributed by atoms with van der Waals surface area (Å²) >= 11 is 1.28. The first kappa shape index (κ1) is 23.5. The maximum absolute atomic E-state index is 13.2. The first-order valence-electron chi connectivity index (χ1n) is 11.1. The molecule has 1 fully saturated rings. The zero-order valence-corrected chi connectivity index (χ0v) is 20.4. The summed E-state index contributed by atoms with van der Waals surface area (Å²) in [7, 11) is -3.08. The third-order valence-corrected chi connectivity index (χ3v) is 8.48. The summed E-state index contributed by atoms with van der Waals surface area (Å²) in [6.07, 6.45) is 1.27. The van der Waals surface area contributed by atoms with Crippen LogP contribution in [0.15, 0.2) is 59.8 Å². The number of carbonyl (C=O) groups excluding carboxylic acids is 1. The van der Waals surface area contributed by atoms with Crippen LogP contribution in [0.25, 0.3) is 10.9 Å². The van der Waals surface area contributed by atoms with Gasteiger partial charge in [-0.15, -0.1) is 0 Å². The van der Waals surface area contributed by atoms with Gasteiger partial charge in [-0.3, -0.25) is 4.79 Å². The van der Waals surface area contributed by atoms with Crippen molar-refractivity contribution >= 4 is 49.9 Å². The number of para-hydroxylation sites is 2. The van der Waals surface area contributed by atoms with Crippen LogP contribution in [0.2, 0.25) is 0 Å². The standard InChI is InChI=1S/C24H28N4O3S2/c1-3-17(2)28(19-13-14-33(30,31)16-19)22(29)15-32-24-26-21-12-8-7-11-20(21)23(27-24)25-18-9-5-4-6-10-18/h4-12,17,19H,3,13-16H2,1-2H3,(H,25,26,27)/t17-,19+/m0/s1. The Morgan fingerprint density at radius 3 is 2.58 bits per heavy atom. The molecule has 33 heavy (non-hydrogen) atoms. The Bertz CT molecular complexity index is 1230. The number of anilines is 2. The van der Waals surface area contributed by atoms with Crippen LogP contribution in [0.4, 0.5) is 11.5 Å². The molecule has 7 nitrogen and oxygen atoms in total. The Kier molecular flexibility index (Phi) is 7.19. The largest absolute Gasteiger partial charge is 0.340 e. The number of nitrogens with zero attached hydrogens (tertiary/aromatic N) is 3. The molecule has 2 heterocycles. The highest BCUT2D eigenvalue weighted by Gasteiger charge is 2.36. The molecule has 2 aromatic carbocycles. The van der Waals surface area contributed by atoms with E-state index in [1.165, 1.54) is 11.8 Å². The first-order chi connectivity index (χ1) is 15.9. The normalized spacial score (nSPS) is 18.2. The fourth-order valence-electron chi connectivity index (χ4n) is 4.07. The van der Waals surface area contributed by atoms with Crippen molar-refractivity contribution in [2.24, 2.45) is 0 Å². The van der Waals surface area contributed by atoms with Crippen molar-refractivity contribution in [2.45, 2.75) is 43.9 Å². The molecule has 174 valence electrons. The highest BCUT2D eigenvalue weighted by Crippen LogP contribution is 2.28. The summed E-state index contributed by atoms with van der Waals surface area (Å²) in [6, 6.07) is 17.3. The Balaban J connectivity index is 1.55. The second kappa shape index (κ2) is 10.1. The van der Waals surface area contributed by atoms with Crippen molar-refractivity contribution in [3.63, 3.8) is 0 Å². The number of rotatable bonds is 8.